The van der Waals surface area contributed by atoms with Gasteiger partial charge in [0.2, 0.25) is 5.95 Å². The predicted octanol–water partition coefficient (Wildman–Crippen LogP) is 5.90. The van der Waals surface area contributed by atoms with Crippen LogP contribution < -0.4 is 16.2 Å². The van der Waals surface area contributed by atoms with E-state index >= 15 is 0 Å². The van der Waals surface area contributed by atoms with Gasteiger partial charge in [0.05, 0.1) is 5.56 Å². The molecule has 1 aliphatic heterocycles. The predicted molar refractivity (Wildman–Crippen MR) is 159 cm³/mol. The van der Waals surface area contributed by atoms with Gasteiger partial charge >= 0.3 is 0 Å². The molecule has 3 aromatic heterocycles. The maximum absolute atomic E-state index is 15.0. The lowest BCUT2D eigenvalue weighted by Gasteiger charge is -2.23. The lowest BCUT2D eigenvalue weighted by Crippen LogP contribution is -2.27. The van der Waals surface area contributed by atoms with Crippen LogP contribution in [0.3, 0.4) is 0 Å². The van der Waals surface area contributed by atoms with Crippen LogP contribution in [0.2, 0.25) is 0 Å². The van der Waals surface area contributed by atoms with Crippen LogP contribution in [0.25, 0.3) is 33.3 Å². The number of aromatic nitrogens is 4. The quantitative estimate of drug-likeness (QED) is 0.242. The van der Waals surface area contributed by atoms with E-state index in [4.69, 9.17) is 0 Å². The Hall–Kier alpha value is -4.63. The average molecular weight is 551 g/mol. The summed E-state index contributed by atoms with van der Waals surface area (Å²) >= 11 is 0. The number of rotatable bonds is 6. The maximum atomic E-state index is 15.0. The van der Waals surface area contributed by atoms with Crippen LogP contribution in [0.4, 0.5) is 16.0 Å². The summed E-state index contributed by atoms with van der Waals surface area (Å²) in [5.74, 6) is 0.228. The van der Waals surface area contributed by atoms with Gasteiger partial charge in [-0.1, -0.05) is 18.2 Å². The van der Waals surface area contributed by atoms with Crippen LogP contribution in [0.5, 0.6) is 5.75 Å². The molecule has 3 N–H and O–H groups in total. The van der Waals surface area contributed by atoms with E-state index in [1.807, 2.05) is 44.2 Å². The topological polar surface area (TPSA) is 105 Å². The summed E-state index contributed by atoms with van der Waals surface area (Å²) in [7, 11) is 0. The minimum Gasteiger partial charge on any atom is -0.507 e. The molecule has 6 rings (SSSR count). The van der Waals surface area contributed by atoms with Crippen molar-refractivity contribution in [2.45, 2.75) is 39.2 Å². The van der Waals surface area contributed by atoms with Gasteiger partial charge in [0.15, 0.2) is 0 Å². The number of aromatic hydroxyl groups is 1. The zero-order valence-electron chi connectivity index (χ0n) is 23.0. The smallest absolute Gasteiger partial charge is 0.260 e. The molecule has 0 bridgehead atoms. The van der Waals surface area contributed by atoms with Crippen molar-refractivity contribution in [2.24, 2.45) is 0 Å². The standard InChI is InChI=1S/C32H31FN6O2/c1-3-39-30-22(15-27(31(39)41)26-8-6-21(16-29(26)40)24-5-4-12-35-19(24)2)18-36-32(38-30)37-23-7-9-25(28(33)17-23)20-10-13-34-14-11-20/h4-9,12,15-18,20,34,40H,3,10-11,13-14H2,1-2H3,(H,36,37,38). The average Bonchev–Trinajstić information content (AvgIpc) is 2.98. The molecule has 0 amide bonds. The second-order valence-corrected chi connectivity index (χ2v) is 10.3. The first-order chi connectivity index (χ1) is 19.9. The zero-order valence-corrected chi connectivity index (χ0v) is 23.0. The number of hydrogen-bond acceptors (Lipinski definition) is 7. The van der Waals surface area contributed by atoms with E-state index in [-0.39, 0.29) is 29.0 Å². The first kappa shape index (κ1) is 26.6. The van der Waals surface area contributed by atoms with E-state index in [1.165, 1.54) is 6.07 Å². The number of phenolic OH excluding ortho intramolecular Hbond substituents is 1. The highest BCUT2D eigenvalue weighted by Gasteiger charge is 2.20. The van der Waals surface area contributed by atoms with Crippen LogP contribution in [0, 0.1) is 12.7 Å². The van der Waals surface area contributed by atoms with Gasteiger partial charge in [0, 0.05) is 46.8 Å². The van der Waals surface area contributed by atoms with Crippen molar-refractivity contribution in [2.75, 3.05) is 18.4 Å². The molecular weight excluding hydrogens is 519 g/mol. The summed E-state index contributed by atoms with van der Waals surface area (Å²) in [6.07, 6.45) is 5.19. The number of halogens is 1. The Bertz CT molecular complexity index is 1810. The number of nitrogens with zero attached hydrogens (tertiary/aromatic N) is 4. The molecule has 4 heterocycles. The maximum Gasteiger partial charge on any atom is 0.260 e. The second kappa shape index (κ2) is 11.1. The summed E-state index contributed by atoms with van der Waals surface area (Å²) in [5.41, 5.74) is 4.80. The molecular formula is C32H31FN6O2. The van der Waals surface area contributed by atoms with Crippen molar-refractivity contribution in [3.05, 3.63) is 94.4 Å². The summed E-state index contributed by atoms with van der Waals surface area (Å²) in [6, 6.07) is 15.9. The number of phenols is 1. The number of nitrogens with one attached hydrogen (secondary N) is 2. The highest BCUT2D eigenvalue weighted by molar-refractivity contribution is 5.84. The summed E-state index contributed by atoms with van der Waals surface area (Å²) < 4.78 is 16.5. The summed E-state index contributed by atoms with van der Waals surface area (Å²) in [6.45, 7) is 5.93. The molecule has 1 saturated heterocycles. The largest absolute Gasteiger partial charge is 0.507 e. The Kier molecular flexibility index (Phi) is 7.19. The Morgan fingerprint density at radius 2 is 1.88 bits per heavy atom. The summed E-state index contributed by atoms with van der Waals surface area (Å²) in [4.78, 5) is 26.9. The van der Waals surface area contributed by atoms with Crippen LogP contribution in [-0.4, -0.2) is 37.7 Å². The fourth-order valence-electron chi connectivity index (χ4n) is 5.62. The number of anilines is 2. The molecule has 8 nitrogen and oxygen atoms in total. The van der Waals surface area contributed by atoms with E-state index < -0.39 is 0 Å². The van der Waals surface area contributed by atoms with Gasteiger partial charge in [-0.25, -0.2) is 9.37 Å². The Morgan fingerprint density at radius 3 is 2.61 bits per heavy atom. The fraction of sp³-hybridized carbons (Fsp3) is 0.250. The van der Waals surface area contributed by atoms with Crippen molar-refractivity contribution in [1.29, 1.82) is 0 Å². The normalized spacial score (nSPS) is 13.9. The van der Waals surface area contributed by atoms with Crippen LogP contribution in [0.1, 0.15) is 36.9 Å². The van der Waals surface area contributed by atoms with Gasteiger partial charge in [-0.2, -0.15) is 4.98 Å². The first-order valence-electron chi connectivity index (χ1n) is 13.9. The number of pyridine rings is 2. The Morgan fingerprint density at radius 1 is 1.05 bits per heavy atom. The lowest BCUT2D eigenvalue weighted by atomic mass is 9.90. The third kappa shape index (κ3) is 5.16. The van der Waals surface area contributed by atoms with Gasteiger partial charge in [-0.15, -0.1) is 0 Å². The zero-order chi connectivity index (χ0) is 28.5. The number of hydrogen-bond donors (Lipinski definition) is 3. The molecule has 41 heavy (non-hydrogen) atoms. The highest BCUT2D eigenvalue weighted by atomic mass is 19.1. The molecule has 0 unspecified atom stereocenters. The molecule has 2 aromatic carbocycles. The molecule has 208 valence electrons. The van der Waals surface area contributed by atoms with Crippen LogP contribution in [-0.2, 0) is 6.54 Å². The molecule has 9 heteroatoms. The first-order valence-corrected chi connectivity index (χ1v) is 13.9. The molecule has 0 atom stereocenters. The molecule has 1 aliphatic rings. The number of piperidine rings is 1. The van der Waals surface area contributed by atoms with Crippen molar-refractivity contribution in [1.82, 2.24) is 24.8 Å². The van der Waals surface area contributed by atoms with Crippen molar-refractivity contribution in [3.8, 4) is 28.0 Å². The molecule has 0 saturated carbocycles. The monoisotopic (exact) mass is 550 g/mol. The molecule has 0 aliphatic carbocycles. The van der Waals surface area contributed by atoms with E-state index in [2.05, 4.69) is 25.6 Å². The number of fused-ring (bicyclic) bond motifs is 1. The van der Waals surface area contributed by atoms with Gasteiger partial charge in [0.1, 0.15) is 17.2 Å². The lowest BCUT2D eigenvalue weighted by molar-refractivity contribution is 0.445. The third-order valence-corrected chi connectivity index (χ3v) is 7.78. The van der Waals surface area contributed by atoms with Gasteiger partial charge in [-0.3, -0.25) is 14.3 Å². The Balaban J connectivity index is 1.32. The van der Waals surface area contributed by atoms with Gasteiger partial charge in [0.25, 0.3) is 5.56 Å². The number of aryl methyl sites for hydroxylation is 2. The van der Waals surface area contributed by atoms with Crippen molar-refractivity contribution >= 4 is 22.7 Å². The molecule has 0 radical (unpaired) electrons. The summed E-state index contributed by atoms with van der Waals surface area (Å²) in [5, 5.41) is 18.0. The van der Waals surface area contributed by atoms with E-state index in [0.717, 1.165) is 48.3 Å². The molecule has 0 spiro atoms. The van der Waals surface area contributed by atoms with E-state index in [1.54, 1.807) is 35.2 Å². The minimum atomic E-state index is -0.275. The number of benzene rings is 2. The fourth-order valence-corrected chi connectivity index (χ4v) is 5.62. The molecule has 5 aromatic rings. The van der Waals surface area contributed by atoms with E-state index in [0.29, 0.717) is 34.4 Å². The Labute approximate surface area is 237 Å². The van der Waals surface area contributed by atoms with Crippen molar-refractivity contribution < 1.29 is 9.50 Å². The van der Waals surface area contributed by atoms with Gasteiger partial charge in [-0.05, 0) is 93.2 Å². The molecule has 1 fully saturated rings. The SMILES string of the molecule is CCn1c(=O)c(-c2ccc(-c3cccnc3C)cc2O)cc2cnc(Nc3ccc(C4CCNCC4)c(F)c3)nc21. The second-order valence-electron chi connectivity index (χ2n) is 10.3. The minimum absolute atomic E-state index is 0.000903. The third-order valence-electron chi connectivity index (χ3n) is 7.78. The van der Waals surface area contributed by atoms with Crippen molar-refractivity contribution in [3.63, 3.8) is 0 Å². The van der Waals surface area contributed by atoms with Crippen LogP contribution in [0.15, 0.2) is 71.8 Å². The van der Waals surface area contributed by atoms with Crippen LogP contribution >= 0.6 is 0 Å². The van der Waals surface area contributed by atoms with Gasteiger partial charge < -0.3 is 15.7 Å². The highest BCUT2D eigenvalue weighted by Crippen LogP contribution is 2.34. The van der Waals surface area contributed by atoms with E-state index in [9.17, 15) is 14.3 Å².